The van der Waals surface area contributed by atoms with E-state index in [4.69, 9.17) is 0 Å². The normalized spacial score (nSPS) is 20.0. The summed E-state index contributed by atoms with van der Waals surface area (Å²) in [6.45, 7) is 3.34. The summed E-state index contributed by atoms with van der Waals surface area (Å²) >= 11 is 0. The maximum absolute atomic E-state index is 2.69. The van der Waals surface area contributed by atoms with Crippen LogP contribution in [-0.4, -0.2) is 6.54 Å². The van der Waals surface area contributed by atoms with Crippen molar-refractivity contribution in [1.82, 2.24) is 0 Å². The van der Waals surface area contributed by atoms with Gasteiger partial charge in [-0.05, 0) is 54.5 Å². The molecule has 0 amide bonds. The molecule has 3 aromatic carbocycles. The average Bonchev–Trinajstić information content (AvgIpc) is 3.18. The molecule has 1 heteroatoms. The highest BCUT2D eigenvalue weighted by molar-refractivity contribution is 5.67. The largest absolute Gasteiger partial charge is 0.364 e. The van der Waals surface area contributed by atoms with Crippen molar-refractivity contribution in [2.75, 3.05) is 11.4 Å². The van der Waals surface area contributed by atoms with Crippen LogP contribution in [0.5, 0.6) is 0 Å². The van der Waals surface area contributed by atoms with Crippen LogP contribution in [0.25, 0.3) is 0 Å². The predicted octanol–water partition coefficient (Wildman–Crippen LogP) is 5.83. The Morgan fingerprint density at radius 2 is 1.69 bits per heavy atom. The van der Waals surface area contributed by atoms with Crippen molar-refractivity contribution in [2.45, 2.75) is 38.1 Å². The van der Waals surface area contributed by atoms with Gasteiger partial charge in [0.2, 0.25) is 0 Å². The summed E-state index contributed by atoms with van der Waals surface area (Å²) in [5.74, 6) is 0.624. The fourth-order valence-corrected chi connectivity index (χ4v) is 4.98. The van der Waals surface area contributed by atoms with Crippen molar-refractivity contribution < 1.29 is 0 Å². The van der Waals surface area contributed by atoms with Crippen molar-refractivity contribution in [3.05, 3.63) is 101 Å². The van der Waals surface area contributed by atoms with Gasteiger partial charge in [-0.3, -0.25) is 0 Å². The van der Waals surface area contributed by atoms with E-state index in [0.29, 0.717) is 12.0 Å². The van der Waals surface area contributed by atoms with Crippen LogP contribution in [0.2, 0.25) is 0 Å². The molecule has 0 fully saturated rings. The number of aryl methyl sites for hydroxylation is 2. The third-order valence-corrected chi connectivity index (χ3v) is 6.13. The van der Waals surface area contributed by atoms with Crippen molar-refractivity contribution in [3.8, 4) is 0 Å². The first-order valence-electron chi connectivity index (χ1n) is 9.80. The number of benzene rings is 3. The molecule has 26 heavy (non-hydrogen) atoms. The van der Waals surface area contributed by atoms with Crippen LogP contribution in [0.15, 0.2) is 72.8 Å². The lowest BCUT2D eigenvalue weighted by molar-refractivity contribution is 0.575. The first-order chi connectivity index (χ1) is 12.8. The zero-order valence-electron chi connectivity index (χ0n) is 15.4. The molecule has 0 saturated heterocycles. The SMILES string of the molecule is Cc1ccc2c(c1)C1Cc3ccccc3C1N2CCCc1ccccc1. The Hall–Kier alpha value is -2.54. The molecule has 1 aliphatic carbocycles. The van der Waals surface area contributed by atoms with E-state index >= 15 is 0 Å². The third-order valence-electron chi connectivity index (χ3n) is 6.13. The van der Waals surface area contributed by atoms with Gasteiger partial charge in [-0.1, -0.05) is 72.3 Å². The van der Waals surface area contributed by atoms with E-state index in [-0.39, 0.29) is 0 Å². The Balaban J connectivity index is 1.45. The second-order valence-electron chi connectivity index (χ2n) is 7.80. The van der Waals surface area contributed by atoms with Crippen LogP contribution >= 0.6 is 0 Å². The first-order valence-corrected chi connectivity index (χ1v) is 9.80. The number of fused-ring (bicyclic) bond motifs is 5. The van der Waals surface area contributed by atoms with Crippen molar-refractivity contribution in [3.63, 3.8) is 0 Å². The summed E-state index contributed by atoms with van der Waals surface area (Å²) in [7, 11) is 0. The predicted molar refractivity (Wildman–Crippen MR) is 109 cm³/mol. The molecule has 0 saturated carbocycles. The summed E-state index contributed by atoms with van der Waals surface area (Å²) in [5, 5.41) is 0. The number of hydrogen-bond donors (Lipinski definition) is 0. The fourth-order valence-electron chi connectivity index (χ4n) is 4.98. The molecule has 130 valence electrons. The van der Waals surface area contributed by atoms with Crippen LogP contribution < -0.4 is 4.90 Å². The minimum absolute atomic E-state index is 0.527. The molecule has 0 spiro atoms. The molecular weight excluding hydrogens is 314 g/mol. The van der Waals surface area contributed by atoms with E-state index in [1.165, 1.54) is 29.7 Å². The molecule has 0 aromatic heterocycles. The Morgan fingerprint density at radius 1 is 0.885 bits per heavy atom. The van der Waals surface area contributed by atoms with Crippen LogP contribution in [0.1, 0.15) is 46.2 Å². The second kappa shape index (κ2) is 6.32. The van der Waals surface area contributed by atoms with E-state index in [1.54, 1.807) is 16.7 Å². The number of nitrogens with zero attached hydrogens (tertiary/aromatic N) is 1. The summed E-state index contributed by atoms with van der Waals surface area (Å²) < 4.78 is 0. The standard InChI is InChI=1S/C25H25N/c1-18-13-14-24-22(16-18)23-17-20-11-5-6-12-21(20)25(23)26(24)15-7-10-19-8-3-2-4-9-19/h2-6,8-9,11-14,16,23,25H,7,10,15,17H2,1H3. The van der Waals surface area contributed by atoms with Gasteiger partial charge in [-0.2, -0.15) is 0 Å². The minimum atomic E-state index is 0.527. The number of hydrogen-bond acceptors (Lipinski definition) is 1. The van der Waals surface area contributed by atoms with Gasteiger partial charge in [-0.25, -0.2) is 0 Å². The van der Waals surface area contributed by atoms with Gasteiger partial charge in [0.15, 0.2) is 0 Å². The van der Waals surface area contributed by atoms with Crippen LogP contribution in [0.4, 0.5) is 5.69 Å². The summed E-state index contributed by atoms with van der Waals surface area (Å²) in [5.41, 5.74) is 8.94. The van der Waals surface area contributed by atoms with E-state index in [2.05, 4.69) is 84.6 Å². The summed E-state index contributed by atoms with van der Waals surface area (Å²) in [6.07, 6.45) is 3.53. The van der Waals surface area contributed by atoms with Gasteiger partial charge in [0.05, 0.1) is 6.04 Å². The zero-order valence-corrected chi connectivity index (χ0v) is 15.4. The molecule has 0 bridgehead atoms. The van der Waals surface area contributed by atoms with Gasteiger partial charge in [-0.15, -0.1) is 0 Å². The molecule has 5 rings (SSSR count). The van der Waals surface area contributed by atoms with Gasteiger partial charge in [0, 0.05) is 18.2 Å². The molecular formula is C25H25N. The molecule has 2 atom stereocenters. The maximum Gasteiger partial charge on any atom is 0.0617 e. The molecule has 1 heterocycles. The lowest BCUT2D eigenvalue weighted by Crippen LogP contribution is -2.26. The van der Waals surface area contributed by atoms with Crippen molar-refractivity contribution in [1.29, 1.82) is 0 Å². The van der Waals surface area contributed by atoms with E-state index in [0.717, 1.165) is 13.0 Å². The fraction of sp³-hybridized carbons (Fsp3) is 0.280. The lowest BCUT2D eigenvalue weighted by atomic mass is 9.94. The Morgan fingerprint density at radius 3 is 2.58 bits per heavy atom. The van der Waals surface area contributed by atoms with Crippen LogP contribution in [0, 0.1) is 6.92 Å². The van der Waals surface area contributed by atoms with E-state index in [1.807, 2.05) is 0 Å². The summed E-state index contributed by atoms with van der Waals surface area (Å²) in [6, 6.07) is 27.5. The van der Waals surface area contributed by atoms with Crippen LogP contribution in [0.3, 0.4) is 0 Å². The van der Waals surface area contributed by atoms with Gasteiger partial charge >= 0.3 is 0 Å². The third kappa shape index (κ3) is 2.54. The van der Waals surface area contributed by atoms with Gasteiger partial charge in [0.25, 0.3) is 0 Å². The smallest absolute Gasteiger partial charge is 0.0617 e. The quantitative estimate of drug-likeness (QED) is 0.578. The topological polar surface area (TPSA) is 3.24 Å². The first kappa shape index (κ1) is 15.7. The Bertz CT molecular complexity index is 928. The number of anilines is 1. The summed E-state index contributed by atoms with van der Waals surface area (Å²) in [4.78, 5) is 2.69. The Kier molecular flexibility index (Phi) is 3.81. The molecule has 1 aliphatic heterocycles. The van der Waals surface area contributed by atoms with Crippen molar-refractivity contribution >= 4 is 5.69 Å². The molecule has 0 radical (unpaired) electrons. The highest BCUT2D eigenvalue weighted by Gasteiger charge is 2.43. The highest BCUT2D eigenvalue weighted by Crippen LogP contribution is 2.55. The lowest BCUT2D eigenvalue weighted by Gasteiger charge is -2.28. The Labute approximate surface area is 156 Å². The maximum atomic E-state index is 2.69. The highest BCUT2D eigenvalue weighted by atomic mass is 15.2. The van der Waals surface area contributed by atoms with E-state index < -0.39 is 0 Å². The second-order valence-corrected chi connectivity index (χ2v) is 7.80. The molecule has 1 nitrogen and oxygen atoms in total. The molecule has 2 aliphatic rings. The van der Waals surface area contributed by atoms with Crippen molar-refractivity contribution in [2.24, 2.45) is 0 Å². The van der Waals surface area contributed by atoms with Gasteiger partial charge in [0.1, 0.15) is 0 Å². The van der Waals surface area contributed by atoms with Crippen LogP contribution in [-0.2, 0) is 12.8 Å². The monoisotopic (exact) mass is 339 g/mol. The minimum Gasteiger partial charge on any atom is -0.364 e. The molecule has 2 unspecified atom stereocenters. The molecule has 0 N–H and O–H groups in total. The van der Waals surface area contributed by atoms with Gasteiger partial charge < -0.3 is 4.90 Å². The molecule has 3 aromatic rings. The van der Waals surface area contributed by atoms with E-state index in [9.17, 15) is 0 Å². The average molecular weight is 339 g/mol. The number of rotatable bonds is 4. The zero-order chi connectivity index (χ0) is 17.5.